The number of rotatable bonds is 3. The van der Waals surface area contributed by atoms with E-state index in [4.69, 9.17) is 21.1 Å². The third-order valence-electron chi connectivity index (χ3n) is 7.66. The topological polar surface area (TPSA) is 91.2 Å². The van der Waals surface area contributed by atoms with E-state index in [1.165, 1.54) is 5.70 Å². The molecule has 5 aliphatic rings. The van der Waals surface area contributed by atoms with E-state index >= 15 is 0 Å². The molecule has 162 valence electrons. The van der Waals surface area contributed by atoms with Crippen LogP contribution in [-0.4, -0.2) is 58.5 Å². The van der Waals surface area contributed by atoms with Crippen molar-refractivity contribution >= 4 is 11.6 Å². The summed E-state index contributed by atoms with van der Waals surface area (Å²) in [7, 11) is 0. The molecular formula is C22H32ClNO5. The number of hydrogen-bond acceptors (Lipinski definition) is 6. The van der Waals surface area contributed by atoms with Gasteiger partial charge in [-0.3, -0.25) is 0 Å². The van der Waals surface area contributed by atoms with Crippen molar-refractivity contribution in [1.29, 1.82) is 0 Å². The fourth-order valence-corrected chi connectivity index (χ4v) is 6.06. The zero-order chi connectivity index (χ0) is 20.2. The van der Waals surface area contributed by atoms with Crippen LogP contribution >= 0.6 is 11.6 Å². The standard InChI is InChI=1S/C22H32ClNO5/c23-15-3-2-13(20-18(25)19(26)21(27)22(29-20)5-6-22)11-14(15)9-12-1-4-17-16(10-12)24-7-8-28-17/h3,12-14,18-21,24-27H,1-2,4-11H2/t12-,13?,14?,18-,19-,20+,21+/m1/s1. The molecule has 1 saturated heterocycles. The number of aliphatic hydroxyl groups excluding tert-OH is 3. The summed E-state index contributed by atoms with van der Waals surface area (Å²) >= 11 is 6.62. The Bertz CT molecular complexity index is 705. The lowest BCUT2D eigenvalue weighted by Gasteiger charge is -2.46. The molecule has 1 saturated carbocycles. The second-order valence-corrected chi connectivity index (χ2v) is 10.0. The molecule has 2 fully saturated rings. The Kier molecular flexibility index (Phi) is 5.36. The summed E-state index contributed by atoms with van der Waals surface area (Å²) in [5, 5.41) is 35.7. The molecule has 6 nitrogen and oxygen atoms in total. The molecule has 2 unspecified atom stereocenters. The highest BCUT2D eigenvalue weighted by molar-refractivity contribution is 6.29. The van der Waals surface area contributed by atoms with E-state index in [0.717, 1.165) is 75.3 Å². The first-order valence-corrected chi connectivity index (χ1v) is 11.5. The van der Waals surface area contributed by atoms with Gasteiger partial charge in [0.05, 0.1) is 11.7 Å². The lowest BCUT2D eigenvalue weighted by Crippen LogP contribution is -2.60. The third-order valence-corrected chi connectivity index (χ3v) is 8.13. The molecule has 0 bridgehead atoms. The van der Waals surface area contributed by atoms with E-state index in [9.17, 15) is 15.3 Å². The molecular weight excluding hydrogens is 394 g/mol. The predicted octanol–water partition coefficient (Wildman–Crippen LogP) is 2.17. The summed E-state index contributed by atoms with van der Waals surface area (Å²) in [5.74, 6) is 2.05. The smallest absolute Gasteiger partial charge is 0.115 e. The van der Waals surface area contributed by atoms with Gasteiger partial charge < -0.3 is 30.1 Å². The van der Waals surface area contributed by atoms with Gasteiger partial charge in [-0.2, -0.15) is 0 Å². The highest BCUT2D eigenvalue weighted by atomic mass is 35.5. The normalized spacial score (nSPS) is 43.9. The largest absolute Gasteiger partial charge is 0.494 e. The van der Waals surface area contributed by atoms with Gasteiger partial charge in [0.25, 0.3) is 0 Å². The zero-order valence-corrected chi connectivity index (χ0v) is 17.5. The molecule has 7 heteroatoms. The second-order valence-electron chi connectivity index (χ2n) is 9.61. The number of halogens is 1. The Labute approximate surface area is 176 Å². The summed E-state index contributed by atoms with van der Waals surface area (Å²) in [6.07, 6.45) is 5.64. The minimum atomic E-state index is -1.14. The highest BCUT2D eigenvalue weighted by Crippen LogP contribution is 2.51. The molecule has 0 aromatic heterocycles. The van der Waals surface area contributed by atoms with Gasteiger partial charge in [0.1, 0.15) is 30.7 Å². The van der Waals surface area contributed by atoms with E-state index in [2.05, 4.69) is 11.4 Å². The lowest BCUT2D eigenvalue weighted by atomic mass is 9.74. The molecule has 0 aromatic rings. The van der Waals surface area contributed by atoms with Crippen molar-refractivity contribution in [2.45, 2.75) is 81.4 Å². The van der Waals surface area contributed by atoms with Crippen molar-refractivity contribution in [3.8, 4) is 0 Å². The Morgan fingerprint density at radius 3 is 2.83 bits per heavy atom. The number of ether oxygens (including phenoxy) is 2. The van der Waals surface area contributed by atoms with Gasteiger partial charge in [-0.15, -0.1) is 0 Å². The summed E-state index contributed by atoms with van der Waals surface area (Å²) < 4.78 is 12.0. The van der Waals surface area contributed by atoms with Crippen LogP contribution in [0.15, 0.2) is 22.6 Å². The van der Waals surface area contributed by atoms with Crippen molar-refractivity contribution in [3.63, 3.8) is 0 Å². The Morgan fingerprint density at radius 1 is 1.21 bits per heavy atom. The second kappa shape index (κ2) is 7.72. The van der Waals surface area contributed by atoms with Crippen LogP contribution in [0.5, 0.6) is 0 Å². The van der Waals surface area contributed by atoms with Crippen LogP contribution in [0.25, 0.3) is 0 Å². The van der Waals surface area contributed by atoms with Crippen molar-refractivity contribution < 1.29 is 24.8 Å². The first kappa shape index (κ1) is 20.1. The van der Waals surface area contributed by atoms with Gasteiger partial charge in [0, 0.05) is 23.7 Å². The average Bonchev–Trinajstić information content (AvgIpc) is 3.52. The molecule has 0 radical (unpaired) electrons. The quantitative estimate of drug-likeness (QED) is 0.554. The molecule has 0 amide bonds. The zero-order valence-electron chi connectivity index (χ0n) is 16.7. The number of aliphatic hydroxyl groups is 3. The lowest BCUT2D eigenvalue weighted by molar-refractivity contribution is -0.247. The van der Waals surface area contributed by atoms with E-state index in [1.54, 1.807) is 0 Å². The first-order chi connectivity index (χ1) is 14.0. The molecule has 3 aliphatic carbocycles. The maximum Gasteiger partial charge on any atom is 0.115 e. The van der Waals surface area contributed by atoms with Crippen LogP contribution in [0.4, 0.5) is 0 Å². The summed E-state index contributed by atoms with van der Waals surface area (Å²) in [6.45, 7) is 1.64. The Hall–Kier alpha value is -0.790. The van der Waals surface area contributed by atoms with Gasteiger partial charge in [-0.25, -0.2) is 0 Å². The summed E-state index contributed by atoms with van der Waals surface area (Å²) in [6, 6.07) is 0. The van der Waals surface area contributed by atoms with E-state index < -0.39 is 30.0 Å². The minimum absolute atomic E-state index is 0.103. The van der Waals surface area contributed by atoms with Crippen LogP contribution in [0, 0.1) is 17.8 Å². The maximum atomic E-state index is 10.6. The maximum absolute atomic E-state index is 10.6. The van der Waals surface area contributed by atoms with Crippen molar-refractivity contribution in [3.05, 3.63) is 22.6 Å². The fraction of sp³-hybridized carbons (Fsp3) is 0.818. The number of hydrogen-bond donors (Lipinski definition) is 4. The first-order valence-electron chi connectivity index (χ1n) is 11.1. The van der Waals surface area contributed by atoms with Crippen LogP contribution in [0.3, 0.4) is 0 Å². The number of allylic oxidation sites excluding steroid dienone is 4. The molecule has 7 atom stereocenters. The monoisotopic (exact) mass is 425 g/mol. The predicted molar refractivity (Wildman–Crippen MR) is 108 cm³/mol. The van der Waals surface area contributed by atoms with Gasteiger partial charge in [-0.1, -0.05) is 17.7 Å². The van der Waals surface area contributed by atoms with E-state index in [0.29, 0.717) is 5.92 Å². The SMILES string of the molecule is O[C@@H]1[C@@H](O)[C@H](O)C2(CC2)O[C@H]1C1CC=C(Cl)C(C[C@H]2CCC3=C(C2)NCCO3)C1. The van der Waals surface area contributed by atoms with Crippen LogP contribution in [0.1, 0.15) is 51.4 Å². The Balaban J connectivity index is 1.25. The molecule has 0 aromatic carbocycles. The molecule has 2 heterocycles. The Morgan fingerprint density at radius 2 is 2.03 bits per heavy atom. The average molecular weight is 426 g/mol. The summed E-state index contributed by atoms with van der Waals surface area (Å²) in [4.78, 5) is 0. The molecule has 29 heavy (non-hydrogen) atoms. The van der Waals surface area contributed by atoms with Gasteiger partial charge in [0.2, 0.25) is 0 Å². The third kappa shape index (κ3) is 3.72. The highest BCUT2D eigenvalue weighted by Gasteiger charge is 2.61. The van der Waals surface area contributed by atoms with Gasteiger partial charge in [-0.05, 0) is 62.7 Å². The van der Waals surface area contributed by atoms with Gasteiger partial charge >= 0.3 is 0 Å². The van der Waals surface area contributed by atoms with Crippen LogP contribution < -0.4 is 5.32 Å². The number of nitrogens with one attached hydrogen (secondary N) is 1. The van der Waals surface area contributed by atoms with Crippen LogP contribution in [-0.2, 0) is 9.47 Å². The van der Waals surface area contributed by atoms with Crippen LogP contribution in [0.2, 0.25) is 0 Å². The molecule has 2 aliphatic heterocycles. The molecule has 1 spiro atoms. The van der Waals surface area contributed by atoms with E-state index in [1.807, 2.05) is 0 Å². The minimum Gasteiger partial charge on any atom is -0.494 e. The fourth-order valence-electron chi connectivity index (χ4n) is 5.80. The van der Waals surface area contributed by atoms with Crippen molar-refractivity contribution in [1.82, 2.24) is 5.32 Å². The van der Waals surface area contributed by atoms with Crippen molar-refractivity contribution in [2.24, 2.45) is 17.8 Å². The van der Waals surface area contributed by atoms with Gasteiger partial charge in [0.15, 0.2) is 0 Å². The summed E-state index contributed by atoms with van der Waals surface area (Å²) in [5.41, 5.74) is 0.613. The molecule has 4 N–H and O–H groups in total. The van der Waals surface area contributed by atoms with Crippen molar-refractivity contribution in [2.75, 3.05) is 13.2 Å². The molecule has 5 rings (SSSR count). The van der Waals surface area contributed by atoms with E-state index in [-0.39, 0.29) is 11.8 Å².